The molecular formula is C13H25N3. The minimum Gasteiger partial charge on any atom is -0.306 e. The minimum absolute atomic E-state index is 0.205. The molecule has 0 aromatic carbocycles. The third kappa shape index (κ3) is 4.51. The summed E-state index contributed by atoms with van der Waals surface area (Å²) in [7, 11) is 4.35. The highest BCUT2D eigenvalue weighted by Gasteiger charge is 2.19. The van der Waals surface area contributed by atoms with Crippen LogP contribution in [0, 0.1) is 23.2 Å². The van der Waals surface area contributed by atoms with Crippen LogP contribution in [0.5, 0.6) is 0 Å². The number of rotatable bonds is 5. The van der Waals surface area contributed by atoms with E-state index >= 15 is 0 Å². The number of hydrogen-bond acceptors (Lipinski definition) is 3. The highest BCUT2D eigenvalue weighted by Crippen LogP contribution is 2.17. The molecule has 0 amide bonds. The summed E-state index contributed by atoms with van der Waals surface area (Å²) in [5.41, 5.74) is 0. The molecule has 0 N–H and O–H groups in total. The van der Waals surface area contributed by atoms with E-state index in [4.69, 9.17) is 5.26 Å². The van der Waals surface area contributed by atoms with Crippen molar-refractivity contribution in [1.82, 2.24) is 9.80 Å². The van der Waals surface area contributed by atoms with Crippen LogP contribution in [0.25, 0.3) is 0 Å². The van der Waals surface area contributed by atoms with Crippen LogP contribution in [-0.2, 0) is 0 Å². The third-order valence-corrected chi connectivity index (χ3v) is 3.62. The first-order valence-electron chi connectivity index (χ1n) is 6.42. The van der Waals surface area contributed by atoms with E-state index in [1.54, 1.807) is 0 Å². The van der Waals surface area contributed by atoms with E-state index < -0.39 is 0 Å². The van der Waals surface area contributed by atoms with Crippen molar-refractivity contribution >= 4 is 0 Å². The van der Waals surface area contributed by atoms with Crippen LogP contribution >= 0.6 is 0 Å². The van der Waals surface area contributed by atoms with Gasteiger partial charge in [0.2, 0.25) is 0 Å². The third-order valence-electron chi connectivity index (χ3n) is 3.62. The van der Waals surface area contributed by atoms with Gasteiger partial charge in [0.15, 0.2) is 0 Å². The van der Waals surface area contributed by atoms with Crippen molar-refractivity contribution in [3.63, 3.8) is 0 Å². The van der Waals surface area contributed by atoms with Gasteiger partial charge in [-0.2, -0.15) is 5.26 Å². The van der Waals surface area contributed by atoms with Crippen LogP contribution in [0.4, 0.5) is 0 Å². The molecule has 0 spiro atoms. The second kappa shape index (κ2) is 6.88. The van der Waals surface area contributed by atoms with Gasteiger partial charge in [-0.25, -0.2) is 0 Å². The Kier molecular flexibility index (Phi) is 5.79. The number of nitrogens with zero attached hydrogens (tertiary/aromatic N) is 3. The largest absolute Gasteiger partial charge is 0.306 e. The van der Waals surface area contributed by atoms with Crippen LogP contribution in [0.15, 0.2) is 0 Å². The van der Waals surface area contributed by atoms with Crippen LogP contribution in [0.1, 0.15) is 26.2 Å². The summed E-state index contributed by atoms with van der Waals surface area (Å²) >= 11 is 0. The fourth-order valence-electron chi connectivity index (χ4n) is 2.40. The molecule has 0 radical (unpaired) electrons. The number of piperidine rings is 1. The summed E-state index contributed by atoms with van der Waals surface area (Å²) in [6, 6.07) is 2.38. The quantitative estimate of drug-likeness (QED) is 0.712. The molecule has 1 aliphatic rings. The maximum atomic E-state index is 8.93. The van der Waals surface area contributed by atoms with Gasteiger partial charge in [0.25, 0.3) is 0 Å². The molecule has 1 fully saturated rings. The highest BCUT2D eigenvalue weighted by molar-refractivity contribution is 4.84. The summed E-state index contributed by atoms with van der Waals surface area (Å²) in [6.45, 7) is 6.64. The van der Waals surface area contributed by atoms with Crippen LogP contribution in [0.2, 0.25) is 0 Å². The molecule has 0 bridgehead atoms. The lowest BCUT2D eigenvalue weighted by molar-refractivity contribution is 0.170. The van der Waals surface area contributed by atoms with Crippen molar-refractivity contribution in [3.05, 3.63) is 0 Å². The topological polar surface area (TPSA) is 30.3 Å². The average Bonchev–Trinajstić information content (AvgIpc) is 2.29. The fourth-order valence-corrected chi connectivity index (χ4v) is 2.40. The molecule has 3 nitrogen and oxygen atoms in total. The van der Waals surface area contributed by atoms with E-state index in [-0.39, 0.29) is 5.92 Å². The van der Waals surface area contributed by atoms with Gasteiger partial charge >= 0.3 is 0 Å². The van der Waals surface area contributed by atoms with Crippen LogP contribution in [-0.4, -0.2) is 50.1 Å². The van der Waals surface area contributed by atoms with Gasteiger partial charge < -0.3 is 9.80 Å². The zero-order valence-electron chi connectivity index (χ0n) is 10.9. The van der Waals surface area contributed by atoms with Gasteiger partial charge in [-0.05, 0) is 52.4 Å². The molecule has 0 saturated carbocycles. The second-order valence-electron chi connectivity index (χ2n) is 5.20. The standard InChI is InChI=1S/C13H25N3/c1-4-12(9-14)10-16(3)11-13-5-7-15(2)8-6-13/h12-13H,4-8,10-11H2,1-3H3. The zero-order chi connectivity index (χ0) is 12.0. The average molecular weight is 223 g/mol. The molecule has 1 unspecified atom stereocenters. The fraction of sp³-hybridized carbons (Fsp3) is 0.923. The second-order valence-corrected chi connectivity index (χ2v) is 5.20. The van der Waals surface area contributed by atoms with Gasteiger partial charge in [-0.15, -0.1) is 0 Å². The Morgan fingerprint density at radius 2 is 2.06 bits per heavy atom. The van der Waals surface area contributed by atoms with Gasteiger partial charge in [0.05, 0.1) is 12.0 Å². The minimum atomic E-state index is 0.205. The lowest BCUT2D eigenvalue weighted by Gasteiger charge is -2.32. The molecular weight excluding hydrogens is 198 g/mol. The first-order chi connectivity index (χ1) is 7.65. The van der Waals surface area contributed by atoms with Crippen molar-refractivity contribution in [3.8, 4) is 6.07 Å². The van der Waals surface area contributed by atoms with Gasteiger partial charge in [-0.3, -0.25) is 0 Å². The number of nitriles is 1. The monoisotopic (exact) mass is 223 g/mol. The molecule has 1 saturated heterocycles. The summed E-state index contributed by atoms with van der Waals surface area (Å²) in [5, 5.41) is 8.93. The number of likely N-dealkylation sites (tertiary alicyclic amines) is 1. The Bertz CT molecular complexity index is 226. The molecule has 92 valence electrons. The zero-order valence-corrected chi connectivity index (χ0v) is 10.9. The molecule has 1 aliphatic heterocycles. The Morgan fingerprint density at radius 1 is 1.44 bits per heavy atom. The highest BCUT2D eigenvalue weighted by atomic mass is 15.1. The first kappa shape index (κ1) is 13.5. The van der Waals surface area contributed by atoms with E-state index in [0.29, 0.717) is 0 Å². The predicted octanol–water partition coefficient (Wildman–Crippen LogP) is 1.81. The molecule has 0 aromatic rings. The molecule has 0 aliphatic carbocycles. The predicted molar refractivity (Wildman–Crippen MR) is 67.1 cm³/mol. The Labute approximate surface area is 100 Å². The lowest BCUT2D eigenvalue weighted by atomic mass is 9.96. The molecule has 3 heteroatoms. The Balaban J connectivity index is 2.23. The summed E-state index contributed by atoms with van der Waals surface area (Å²) in [5.74, 6) is 1.04. The van der Waals surface area contributed by atoms with Gasteiger partial charge in [-0.1, -0.05) is 6.92 Å². The van der Waals surface area contributed by atoms with E-state index in [9.17, 15) is 0 Å². The van der Waals surface area contributed by atoms with Crippen molar-refractivity contribution < 1.29 is 0 Å². The Morgan fingerprint density at radius 3 is 2.56 bits per heavy atom. The van der Waals surface area contributed by atoms with Crippen molar-refractivity contribution in [1.29, 1.82) is 5.26 Å². The summed E-state index contributed by atoms with van der Waals surface area (Å²) < 4.78 is 0. The maximum absolute atomic E-state index is 8.93. The smallest absolute Gasteiger partial charge is 0.0669 e. The van der Waals surface area contributed by atoms with Crippen LogP contribution < -0.4 is 0 Å². The van der Waals surface area contributed by atoms with Crippen molar-refractivity contribution in [2.24, 2.45) is 11.8 Å². The molecule has 0 aromatic heterocycles. The van der Waals surface area contributed by atoms with E-state index in [1.807, 2.05) is 0 Å². The van der Waals surface area contributed by atoms with E-state index in [1.165, 1.54) is 25.9 Å². The first-order valence-corrected chi connectivity index (χ1v) is 6.42. The molecule has 1 atom stereocenters. The molecule has 1 heterocycles. The summed E-state index contributed by atoms with van der Waals surface area (Å²) in [6.07, 6.45) is 3.59. The lowest BCUT2D eigenvalue weighted by Crippen LogP contribution is -2.37. The van der Waals surface area contributed by atoms with Gasteiger partial charge in [0.1, 0.15) is 0 Å². The van der Waals surface area contributed by atoms with Crippen molar-refractivity contribution in [2.45, 2.75) is 26.2 Å². The molecule has 16 heavy (non-hydrogen) atoms. The van der Waals surface area contributed by atoms with Crippen LogP contribution in [0.3, 0.4) is 0 Å². The maximum Gasteiger partial charge on any atom is 0.0669 e. The molecule has 1 rings (SSSR count). The van der Waals surface area contributed by atoms with Crippen molar-refractivity contribution in [2.75, 3.05) is 40.3 Å². The number of hydrogen-bond donors (Lipinski definition) is 0. The SMILES string of the molecule is CCC(C#N)CN(C)CC1CCN(C)CC1. The summed E-state index contributed by atoms with van der Waals surface area (Å²) in [4.78, 5) is 4.74. The Hall–Kier alpha value is -0.590. The van der Waals surface area contributed by atoms with E-state index in [0.717, 1.165) is 25.4 Å². The normalized spacial score (nSPS) is 20.9. The van der Waals surface area contributed by atoms with Gasteiger partial charge in [0, 0.05) is 13.1 Å². The van der Waals surface area contributed by atoms with E-state index in [2.05, 4.69) is 36.9 Å².